The van der Waals surface area contributed by atoms with E-state index in [1.54, 1.807) is 0 Å². The van der Waals surface area contributed by atoms with Crippen molar-refractivity contribution in [1.82, 2.24) is 4.90 Å². The highest BCUT2D eigenvalue weighted by Crippen LogP contribution is 2.34. The average molecular weight is 268 g/mol. The molecule has 2 heteroatoms. The third kappa shape index (κ3) is 2.72. The van der Waals surface area contributed by atoms with Crippen LogP contribution < -0.4 is 5.73 Å². The number of benzene rings is 2. The van der Waals surface area contributed by atoms with Crippen LogP contribution in [0.4, 0.5) is 0 Å². The molecule has 2 aromatic carbocycles. The molecule has 0 heterocycles. The number of nitrogens with two attached hydrogens (primary N) is 1. The molecule has 2 nitrogen and oxygen atoms in total. The van der Waals surface area contributed by atoms with Gasteiger partial charge < -0.3 is 5.73 Å². The minimum atomic E-state index is 0.368. The van der Waals surface area contributed by atoms with Crippen LogP contribution in [0.25, 0.3) is 10.8 Å². The van der Waals surface area contributed by atoms with E-state index in [9.17, 15) is 0 Å². The zero-order chi connectivity index (χ0) is 13.9. The highest BCUT2D eigenvalue weighted by atomic mass is 15.2. The van der Waals surface area contributed by atoms with Crippen molar-refractivity contribution < 1.29 is 0 Å². The summed E-state index contributed by atoms with van der Waals surface area (Å²) in [5, 5.41) is 2.62. The summed E-state index contributed by atoms with van der Waals surface area (Å²) in [6.07, 6.45) is 3.87. The summed E-state index contributed by atoms with van der Waals surface area (Å²) in [5.74, 6) is 0. The molecule has 0 aliphatic heterocycles. The topological polar surface area (TPSA) is 29.3 Å². The predicted molar refractivity (Wildman–Crippen MR) is 85.8 cm³/mol. The Morgan fingerprint density at radius 2 is 1.90 bits per heavy atom. The van der Waals surface area contributed by atoms with Crippen LogP contribution in [-0.2, 0) is 0 Å². The molecule has 20 heavy (non-hydrogen) atoms. The van der Waals surface area contributed by atoms with E-state index in [-0.39, 0.29) is 0 Å². The molecule has 1 saturated carbocycles. The summed E-state index contributed by atoms with van der Waals surface area (Å²) in [4.78, 5) is 2.62. The normalized spacial score (nSPS) is 16.8. The maximum atomic E-state index is 6.10. The monoisotopic (exact) mass is 268 g/mol. The molecule has 1 aliphatic carbocycles. The van der Waals surface area contributed by atoms with E-state index < -0.39 is 0 Å². The number of rotatable bonds is 6. The summed E-state index contributed by atoms with van der Waals surface area (Å²) in [7, 11) is 0. The minimum absolute atomic E-state index is 0.368. The molecule has 0 spiro atoms. The van der Waals surface area contributed by atoms with Crippen LogP contribution in [0.1, 0.15) is 37.8 Å². The van der Waals surface area contributed by atoms with Crippen molar-refractivity contribution in [3.63, 3.8) is 0 Å². The summed E-state index contributed by atoms with van der Waals surface area (Å²) in [5.41, 5.74) is 7.47. The summed E-state index contributed by atoms with van der Waals surface area (Å²) in [6.45, 7) is 4.11. The maximum absolute atomic E-state index is 6.10. The van der Waals surface area contributed by atoms with E-state index in [2.05, 4.69) is 54.3 Å². The molecule has 1 fully saturated rings. The number of hydrogen-bond donors (Lipinski definition) is 1. The number of hydrogen-bond acceptors (Lipinski definition) is 2. The Hall–Kier alpha value is -1.38. The molecule has 1 unspecified atom stereocenters. The van der Waals surface area contributed by atoms with Crippen LogP contribution >= 0.6 is 0 Å². The Labute approximate surface area is 121 Å². The molecule has 106 valence electrons. The lowest BCUT2D eigenvalue weighted by Crippen LogP contribution is -2.36. The van der Waals surface area contributed by atoms with Crippen LogP contribution in [0.3, 0.4) is 0 Å². The quantitative estimate of drug-likeness (QED) is 0.865. The molecule has 2 N–H and O–H groups in total. The predicted octanol–water partition coefficient (Wildman–Crippen LogP) is 3.71. The smallest absolute Gasteiger partial charge is 0.0473 e. The van der Waals surface area contributed by atoms with Gasteiger partial charge in [-0.15, -0.1) is 0 Å². The second kappa shape index (κ2) is 5.94. The molecule has 0 amide bonds. The minimum Gasteiger partial charge on any atom is -0.329 e. The molecular weight excluding hydrogens is 244 g/mol. The first kappa shape index (κ1) is 13.6. The third-order valence-corrected chi connectivity index (χ3v) is 4.28. The zero-order valence-corrected chi connectivity index (χ0v) is 12.3. The molecule has 0 saturated heterocycles. The van der Waals surface area contributed by atoms with Gasteiger partial charge in [-0.25, -0.2) is 0 Å². The van der Waals surface area contributed by atoms with Crippen LogP contribution in [-0.4, -0.2) is 24.0 Å². The summed E-state index contributed by atoms with van der Waals surface area (Å²) >= 11 is 0. The van der Waals surface area contributed by atoms with Gasteiger partial charge in [-0.2, -0.15) is 0 Å². The van der Waals surface area contributed by atoms with E-state index in [0.29, 0.717) is 12.6 Å². The lowest BCUT2D eigenvalue weighted by atomic mass is 10.0. The molecule has 0 radical (unpaired) electrons. The van der Waals surface area contributed by atoms with Crippen molar-refractivity contribution in [3.05, 3.63) is 48.0 Å². The molecule has 3 rings (SSSR count). The van der Waals surface area contributed by atoms with Crippen molar-refractivity contribution >= 4 is 10.8 Å². The average Bonchev–Trinajstić information content (AvgIpc) is 3.31. The maximum Gasteiger partial charge on any atom is 0.0473 e. The summed E-state index contributed by atoms with van der Waals surface area (Å²) < 4.78 is 0. The van der Waals surface area contributed by atoms with Gasteiger partial charge in [0, 0.05) is 18.6 Å². The molecule has 1 aliphatic rings. The fourth-order valence-corrected chi connectivity index (χ4v) is 3.14. The van der Waals surface area contributed by atoms with E-state index in [1.165, 1.54) is 35.6 Å². The Morgan fingerprint density at radius 3 is 2.55 bits per heavy atom. The van der Waals surface area contributed by atoms with Crippen molar-refractivity contribution in [1.29, 1.82) is 0 Å². The zero-order valence-electron chi connectivity index (χ0n) is 12.3. The van der Waals surface area contributed by atoms with Gasteiger partial charge in [0.2, 0.25) is 0 Å². The lowest BCUT2D eigenvalue weighted by molar-refractivity contribution is 0.191. The van der Waals surface area contributed by atoms with Gasteiger partial charge in [0.15, 0.2) is 0 Å². The Kier molecular flexibility index (Phi) is 4.04. The van der Waals surface area contributed by atoms with E-state index in [0.717, 1.165) is 12.6 Å². The van der Waals surface area contributed by atoms with Crippen LogP contribution in [0, 0.1) is 0 Å². The summed E-state index contributed by atoms with van der Waals surface area (Å²) in [6, 6.07) is 16.5. The molecule has 1 atom stereocenters. The van der Waals surface area contributed by atoms with E-state index >= 15 is 0 Å². The van der Waals surface area contributed by atoms with E-state index in [1.807, 2.05) is 0 Å². The molecule has 0 aromatic heterocycles. The van der Waals surface area contributed by atoms with Crippen LogP contribution in [0.2, 0.25) is 0 Å². The fraction of sp³-hybridized carbons (Fsp3) is 0.444. The third-order valence-electron chi connectivity index (χ3n) is 4.28. The Balaban J connectivity index is 1.93. The van der Waals surface area contributed by atoms with Gasteiger partial charge in [-0.1, -0.05) is 43.3 Å². The van der Waals surface area contributed by atoms with Crippen LogP contribution in [0.15, 0.2) is 42.5 Å². The molecule has 0 bridgehead atoms. The first-order valence-electron chi connectivity index (χ1n) is 7.78. The van der Waals surface area contributed by atoms with Gasteiger partial charge in [0.05, 0.1) is 0 Å². The van der Waals surface area contributed by atoms with Crippen molar-refractivity contribution in [2.45, 2.75) is 38.3 Å². The largest absolute Gasteiger partial charge is 0.329 e. The highest BCUT2D eigenvalue weighted by molar-refractivity contribution is 5.83. The van der Waals surface area contributed by atoms with Gasteiger partial charge in [0.1, 0.15) is 0 Å². The standard InChI is InChI=1S/C18H24N2/c1-2-11-20(17-9-10-17)18(13-19)16-8-7-14-5-3-4-6-15(14)12-16/h3-8,12,17-18H,2,9-11,13,19H2,1H3. The molecular formula is C18H24N2. The second-order valence-corrected chi connectivity index (χ2v) is 5.83. The van der Waals surface area contributed by atoms with Crippen molar-refractivity contribution in [2.75, 3.05) is 13.1 Å². The highest BCUT2D eigenvalue weighted by Gasteiger charge is 2.33. The van der Waals surface area contributed by atoms with Gasteiger partial charge in [-0.05, 0) is 48.2 Å². The Morgan fingerprint density at radius 1 is 1.15 bits per heavy atom. The first-order valence-corrected chi connectivity index (χ1v) is 7.78. The van der Waals surface area contributed by atoms with E-state index in [4.69, 9.17) is 5.73 Å². The molecule has 2 aromatic rings. The second-order valence-electron chi connectivity index (χ2n) is 5.83. The van der Waals surface area contributed by atoms with Crippen molar-refractivity contribution in [2.24, 2.45) is 5.73 Å². The SMILES string of the molecule is CCCN(C1CC1)C(CN)c1ccc2ccccc2c1. The lowest BCUT2D eigenvalue weighted by Gasteiger charge is -2.31. The van der Waals surface area contributed by atoms with Gasteiger partial charge in [0.25, 0.3) is 0 Å². The fourth-order valence-electron chi connectivity index (χ4n) is 3.14. The van der Waals surface area contributed by atoms with Gasteiger partial charge in [-0.3, -0.25) is 4.90 Å². The van der Waals surface area contributed by atoms with Crippen molar-refractivity contribution in [3.8, 4) is 0 Å². The number of fused-ring (bicyclic) bond motifs is 1. The Bertz CT molecular complexity index is 574. The van der Waals surface area contributed by atoms with Gasteiger partial charge >= 0.3 is 0 Å². The van der Waals surface area contributed by atoms with Crippen LogP contribution in [0.5, 0.6) is 0 Å². The first-order chi connectivity index (χ1) is 9.83. The number of nitrogens with zero attached hydrogens (tertiary/aromatic N) is 1.